The third-order valence-corrected chi connectivity index (χ3v) is 2.75. The molecule has 2 rings (SSSR count). The van der Waals surface area contributed by atoms with E-state index in [1.165, 1.54) is 0 Å². The van der Waals surface area contributed by atoms with Crippen molar-refractivity contribution in [2.75, 3.05) is 0 Å². The van der Waals surface area contributed by atoms with E-state index in [1.807, 2.05) is 13.8 Å². The van der Waals surface area contributed by atoms with Gasteiger partial charge in [0.2, 0.25) is 0 Å². The molecule has 0 saturated carbocycles. The molecule has 0 aromatic carbocycles. The summed E-state index contributed by atoms with van der Waals surface area (Å²) in [6.07, 6.45) is 1.82. The molecule has 4 heteroatoms. The molecule has 1 N–H and O–H groups in total. The predicted molar refractivity (Wildman–Crippen MR) is 54.1 cm³/mol. The summed E-state index contributed by atoms with van der Waals surface area (Å²) in [4.78, 5) is 0. The van der Waals surface area contributed by atoms with Crippen LogP contribution in [0.5, 0.6) is 0 Å². The molecule has 2 aliphatic heterocycles. The summed E-state index contributed by atoms with van der Waals surface area (Å²) < 4.78 is 16.8. The number of ether oxygens (including phenoxy) is 3. The number of hydrogen-bond acceptors (Lipinski definition) is 4. The maximum Gasteiger partial charge on any atom is 0.187 e. The van der Waals surface area contributed by atoms with Crippen molar-refractivity contribution in [1.29, 1.82) is 0 Å². The van der Waals surface area contributed by atoms with Gasteiger partial charge in [-0.3, -0.25) is 0 Å². The maximum atomic E-state index is 9.73. The summed E-state index contributed by atoms with van der Waals surface area (Å²) in [5.74, 6) is -0.566. The van der Waals surface area contributed by atoms with E-state index >= 15 is 0 Å². The monoisotopic (exact) mass is 214 g/mol. The van der Waals surface area contributed by atoms with E-state index in [1.54, 1.807) is 6.08 Å². The Bertz CT molecular complexity index is 235. The molecule has 0 radical (unpaired) electrons. The SMILES string of the molecule is C=CCC(O)[C@@H]1C[C@H]2OC(C)(C)O[C@H]2O1. The lowest BCUT2D eigenvalue weighted by molar-refractivity contribution is -0.213. The van der Waals surface area contributed by atoms with Gasteiger partial charge in [0, 0.05) is 6.42 Å². The largest absolute Gasteiger partial charge is 0.390 e. The third kappa shape index (κ3) is 2.23. The molecule has 0 aromatic rings. The summed E-state index contributed by atoms with van der Waals surface area (Å²) in [5, 5.41) is 9.73. The second kappa shape index (κ2) is 3.87. The Balaban J connectivity index is 1.91. The highest BCUT2D eigenvalue weighted by atomic mass is 16.8. The van der Waals surface area contributed by atoms with Crippen molar-refractivity contribution >= 4 is 0 Å². The van der Waals surface area contributed by atoms with Gasteiger partial charge in [-0.1, -0.05) is 6.08 Å². The van der Waals surface area contributed by atoms with Crippen molar-refractivity contribution in [3.8, 4) is 0 Å². The van der Waals surface area contributed by atoms with E-state index in [0.29, 0.717) is 12.8 Å². The van der Waals surface area contributed by atoms with Crippen molar-refractivity contribution in [3.05, 3.63) is 12.7 Å². The quantitative estimate of drug-likeness (QED) is 0.717. The van der Waals surface area contributed by atoms with Crippen LogP contribution in [0.15, 0.2) is 12.7 Å². The molecule has 86 valence electrons. The normalized spacial score (nSPS) is 40.1. The minimum atomic E-state index is -0.566. The minimum Gasteiger partial charge on any atom is -0.390 e. The lowest BCUT2D eigenvalue weighted by Gasteiger charge is -2.22. The highest BCUT2D eigenvalue weighted by Crippen LogP contribution is 2.38. The molecule has 0 aliphatic carbocycles. The standard InChI is InChI=1S/C11H18O4/c1-4-5-7(12)8-6-9-10(13-8)15-11(2,3)14-9/h4,7-10,12H,1,5-6H2,2-3H3/t7?,8-,9+,10+/m0/s1. The van der Waals surface area contributed by atoms with Crippen LogP contribution >= 0.6 is 0 Å². The Morgan fingerprint density at radius 1 is 1.53 bits per heavy atom. The zero-order valence-electron chi connectivity index (χ0n) is 9.18. The summed E-state index contributed by atoms with van der Waals surface area (Å²) in [5.41, 5.74) is 0. The molecule has 2 saturated heterocycles. The van der Waals surface area contributed by atoms with E-state index < -0.39 is 11.9 Å². The van der Waals surface area contributed by atoms with Gasteiger partial charge in [-0.2, -0.15) is 0 Å². The van der Waals surface area contributed by atoms with Crippen molar-refractivity contribution in [1.82, 2.24) is 0 Å². The lowest BCUT2D eigenvalue weighted by atomic mass is 10.1. The Hall–Kier alpha value is -0.420. The fourth-order valence-electron chi connectivity index (χ4n) is 2.11. The van der Waals surface area contributed by atoms with Crippen molar-refractivity contribution < 1.29 is 19.3 Å². The molecule has 0 amide bonds. The molecule has 2 heterocycles. The zero-order valence-corrected chi connectivity index (χ0v) is 9.18. The molecule has 0 bridgehead atoms. The van der Waals surface area contributed by atoms with E-state index in [-0.39, 0.29) is 18.5 Å². The van der Waals surface area contributed by atoms with Gasteiger partial charge in [0.05, 0.1) is 12.2 Å². The first-order valence-electron chi connectivity index (χ1n) is 5.32. The molecule has 2 aliphatic rings. The number of aliphatic hydroxyl groups is 1. The number of fused-ring (bicyclic) bond motifs is 1. The van der Waals surface area contributed by atoms with Gasteiger partial charge in [-0.05, 0) is 20.3 Å². The zero-order chi connectivity index (χ0) is 11.1. The Morgan fingerprint density at radius 2 is 2.27 bits per heavy atom. The first kappa shape index (κ1) is 11.1. The van der Waals surface area contributed by atoms with Crippen LogP contribution in [0.3, 0.4) is 0 Å². The summed E-state index contributed by atoms with van der Waals surface area (Å²) >= 11 is 0. The van der Waals surface area contributed by atoms with Crippen LogP contribution in [0, 0.1) is 0 Å². The first-order valence-corrected chi connectivity index (χ1v) is 5.32. The van der Waals surface area contributed by atoms with Crippen molar-refractivity contribution in [2.24, 2.45) is 0 Å². The van der Waals surface area contributed by atoms with Gasteiger partial charge in [-0.15, -0.1) is 6.58 Å². The number of aliphatic hydroxyl groups excluding tert-OH is 1. The van der Waals surface area contributed by atoms with Crippen molar-refractivity contribution in [2.45, 2.75) is 57.1 Å². The van der Waals surface area contributed by atoms with Crippen LogP contribution in [-0.4, -0.2) is 35.5 Å². The Morgan fingerprint density at radius 3 is 2.87 bits per heavy atom. The smallest absolute Gasteiger partial charge is 0.187 e. The topological polar surface area (TPSA) is 47.9 Å². The molecule has 15 heavy (non-hydrogen) atoms. The van der Waals surface area contributed by atoms with Gasteiger partial charge in [0.25, 0.3) is 0 Å². The second-order valence-corrected chi connectivity index (χ2v) is 4.54. The first-order chi connectivity index (χ1) is 7.02. The van der Waals surface area contributed by atoms with E-state index in [9.17, 15) is 5.11 Å². The molecule has 0 spiro atoms. The highest BCUT2D eigenvalue weighted by molar-refractivity contribution is 4.90. The minimum absolute atomic E-state index is 0.0514. The summed E-state index contributed by atoms with van der Waals surface area (Å²) in [7, 11) is 0. The molecule has 4 nitrogen and oxygen atoms in total. The van der Waals surface area contributed by atoms with Gasteiger partial charge in [-0.25, -0.2) is 0 Å². The Labute approximate surface area is 89.8 Å². The van der Waals surface area contributed by atoms with E-state index in [0.717, 1.165) is 0 Å². The Kier molecular flexibility index (Phi) is 2.85. The van der Waals surface area contributed by atoms with Gasteiger partial charge < -0.3 is 19.3 Å². The summed E-state index contributed by atoms with van der Waals surface area (Å²) in [6.45, 7) is 7.32. The fraction of sp³-hybridized carbons (Fsp3) is 0.818. The van der Waals surface area contributed by atoms with Gasteiger partial charge in [0.15, 0.2) is 12.1 Å². The van der Waals surface area contributed by atoms with Crippen LogP contribution in [0.4, 0.5) is 0 Å². The molecular formula is C11H18O4. The highest BCUT2D eigenvalue weighted by Gasteiger charge is 2.49. The third-order valence-electron chi connectivity index (χ3n) is 2.75. The molecular weight excluding hydrogens is 196 g/mol. The average Bonchev–Trinajstić information content (AvgIpc) is 2.57. The van der Waals surface area contributed by atoms with Crippen molar-refractivity contribution in [3.63, 3.8) is 0 Å². The summed E-state index contributed by atoms with van der Waals surface area (Å²) in [6, 6.07) is 0. The van der Waals surface area contributed by atoms with Crippen LogP contribution in [-0.2, 0) is 14.2 Å². The van der Waals surface area contributed by atoms with E-state index in [2.05, 4.69) is 6.58 Å². The van der Waals surface area contributed by atoms with Crippen LogP contribution < -0.4 is 0 Å². The van der Waals surface area contributed by atoms with E-state index in [4.69, 9.17) is 14.2 Å². The lowest BCUT2D eigenvalue weighted by Crippen LogP contribution is -2.30. The average molecular weight is 214 g/mol. The number of hydrogen-bond donors (Lipinski definition) is 1. The van der Waals surface area contributed by atoms with Crippen LogP contribution in [0.25, 0.3) is 0 Å². The fourth-order valence-corrected chi connectivity index (χ4v) is 2.11. The predicted octanol–water partition coefficient (Wildman–Crippen LogP) is 1.19. The molecule has 0 aromatic heterocycles. The van der Waals surface area contributed by atoms with Crippen LogP contribution in [0.2, 0.25) is 0 Å². The molecule has 1 unspecified atom stereocenters. The molecule has 2 fully saturated rings. The number of rotatable bonds is 3. The van der Waals surface area contributed by atoms with Gasteiger partial charge >= 0.3 is 0 Å². The molecule has 4 atom stereocenters. The van der Waals surface area contributed by atoms with Gasteiger partial charge in [0.1, 0.15) is 6.10 Å². The van der Waals surface area contributed by atoms with Crippen LogP contribution in [0.1, 0.15) is 26.7 Å². The maximum absolute atomic E-state index is 9.73. The second-order valence-electron chi connectivity index (χ2n) is 4.54.